The van der Waals surface area contributed by atoms with Crippen molar-refractivity contribution in [2.75, 3.05) is 0 Å². The zero-order valence-corrected chi connectivity index (χ0v) is 13.9. The monoisotopic (exact) mass is 403 g/mol. The van der Waals surface area contributed by atoms with Crippen molar-refractivity contribution in [1.29, 1.82) is 0 Å². The third-order valence-corrected chi connectivity index (χ3v) is 3.96. The number of hydrogen-bond acceptors (Lipinski definition) is 0. The van der Waals surface area contributed by atoms with Crippen molar-refractivity contribution in [3.8, 4) is 0 Å². The summed E-state index contributed by atoms with van der Waals surface area (Å²) in [6, 6.07) is 0. The molecule has 0 aromatic heterocycles. The molecule has 1 heteroatoms. The normalized spacial score (nSPS) is 33.5. The molecule has 0 aromatic carbocycles. The standard InChI is InChI=1S/C12H21.U/c1-8-7-9(2)12(5,6)11(4)10(8)3;/h7-8,10H,1-6H3;/q-1;+2. The fourth-order valence-electron chi connectivity index (χ4n) is 2.02. The third kappa shape index (κ3) is 2.42. The summed E-state index contributed by atoms with van der Waals surface area (Å²) in [6.45, 7) is 13.9. The molecule has 0 fully saturated rings. The Labute approximate surface area is 107 Å². The van der Waals surface area contributed by atoms with Gasteiger partial charge in [-0.1, -0.05) is 39.7 Å². The van der Waals surface area contributed by atoms with Crippen molar-refractivity contribution in [2.24, 2.45) is 17.3 Å². The van der Waals surface area contributed by atoms with Gasteiger partial charge in [0.25, 0.3) is 0 Å². The van der Waals surface area contributed by atoms with Gasteiger partial charge in [0, 0.05) is 0 Å². The Kier molecular flexibility index (Phi) is 4.82. The van der Waals surface area contributed by atoms with E-state index in [0.29, 0.717) is 5.41 Å². The van der Waals surface area contributed by atoms with E-state index in [9.17, 15) is 0 Å². The average Bonchev–Trinajstić information content (AvgIpc) is 1.99. The second kappa shape index (κ2) is 4.54. The maximum absolute atomic E-state index is 2.43. The van der Waals surface area contributed by atoms with Crippen LogP contribution in [0.5, 0.6) is 0 Å². The molecule has 1 aliphatic carbocycles. The molecular formula is C12H21U+. The van der Waals surface area contributed by atoms with Gasteiger partial charge in [-0.15, -0.1) is 11.0 Å². The molecule has 1 aliphatic rings. The third-order valence-electron chi connectivity index (χ3n) is 3.96. The van der Waals surface area contributed by atoms with Crippen molar-refractivity contribution >= 4 is 0 Å². The molecule has 0 bridgehead atoms. The van der Waals surface area contributed by atoms with E-state index in [2.05, 4.69) is 47.6 Å². The molecule has 0 N–H and O–H groups in total. The largest absolute Gasteiger partial charge is 2.00 e. The van der Waals surface area contributed by atoms with Gasteiger partial charge in [-0.3, -0.25) is 0 Å². The summed E-state index contributed by atoms with van der Waals surface area (Å²) in [6.07, 6.45) is 2.43. The van der Waals surface area contributed by atoms with Crippen LogP contribution >= 0.6 is 0 Å². The summed E-state index contributed by atoms with van der Waals surface area (Å²) in [4.78, 5) is 0. The van der Waals surface area contributed by atoms with E-state index >= 15 is 0 Å². The van der Waals surface area contributed by atoms with Gasteiger partial charge in [-0.2, -0.15) is 12.8 Å². The minimum absolute atomic E-state index is 0. The fourth-order valence-corrected chi connectivity index (χ4v) is 2.02. The molecule has 1 rings (SSSR count). The topological polar surface area (TPSA) is 0 Å². The van der Waals surface area contributed by atoms with Crippen LogP contribution in [0.15, 0.2) is 11.6 Å². The SMILES string of the molecule is CC1=CC(C)C(C)[C-](C)C1(C)C.[U+2]. The van der Waals surface area contributed by atoms with E-state index in [0.717, 1.165) is 11.8 Å². The molecule has 0 aliphatic heterocycles. The van der Waals surface area contributed by atoms with Gasteiger partial charge >= 0.3 is 31.1 Å². The van der Waals surface area contributed by atoms with Crippen LogP contribution in [0, 0.1) is 54.3 Å². The fraction of sp³-hybridized carbons (Fsp3) is 0.750. The van der Waals surface area contributed by atoms with Crippen LogP contribution in [-0.4, -0.2) is 0 Å². The summed E-state index contributed by atoms with van der Waals surface area (Å²) in [5, 5.41) is 0. The van der Waals surface area contributed by atoms with Crippen molar-refractivity contribution in [3.63, 3.8) is 0 Å². The molecule has 0 saturated carbocycles. The van der Waals surface area contributed by atoms with E-state index in [-0.39, 0.29) is 31.1 Å². The Morgan fingerprint density at radius 1 is 1.31 bits per heavy atom. The molecule has 72 valence electrons. The predicted octanol–water partition coefficient (Wildman–Crippen LogP) is 3.84. The predicted molar refractivity (Wildman–Crippen MR) is 54.8 cm³/mol. The Morgan fingerprint density at radius 2 is 1.77 bits per heavy atom. The molecule has 0 spiro atoms. The first-order chi connectivity index (χ1) is 5.37. The van der Waals surface area contributed by atoms with Gasteiger partial charge < -0.3 is 5.92 Å². The second-order valence-corrected chi connectivity index (χ2v) is 4.81. The molecule has 0 amide bonds. The zero-order chi connectivity index (χ0) is 9.52. The molecule has 0 saturated heterocycles. The summed E-state index contributed by atoms with van der Waals surface area (Å²) in [5.74, 6) is 3.09. The van der Waals surface area contributed by atoms with Crippen LogP contribution in [0.1, 0.15) is 41.5 Å². The molecule has 2 atom stereocenters. The summed E-state index contributed by atoms with van der Waals surface area (Å²) >= 11 is 0. The van der Waals surface area contributed by atoms with Crippen molar-refractivity contribution in [3.05, 3.63) is 17.6 Å². The van der Waals surface area contributed by atoms with E-state index in [1.54, 1.807) is 5.92 Å². The van der Waals surface area contributed by atoms with E-state index in [1.807, 2.05) is 0 Å². The second-order valence-electron chi connectivity index (χ2n) is 4.81. The smallest absolute Gasteiger partial charge is 0.304 e. The van der Waals surface area contributed by atoms with Gasteiger partial charge in [-0.05, 0) is 6.92 Å². The molecule has 0 radical (unpaired) electrons. The summed E-state index contributed by atoms with van der Waals surface area (Å²) in [5.41, 5.74) is 1.86. The first-order valence-electron chi connectivity index (χ1n) is 4.90. The van der Waals surface area contributed by atoms with E-state index in [1.165, 1.54) is 5.57 Å². The molecule has 0 aromatic rings. The first kappa shape index (κ1) is 13.8. The van der Waals surface area contributed by atoms with Crippen LogP contribution in [0.3, 0.4) is 0 Å². The van der Waals surface area contributed by atoms with Gasteiger partial charge in [0.05, 0.1) is 0 Å². The van der Waals surface area contributed by atoms with Crippen LogP contribution in [0.2, 0.25) is 0 Å². The summed E-state index contributed by atoms with van der Waals surface area (Å²) in [7, 11) is 0. The zero-order valence-electron chi connectivity index (χ0n) is 9.73. The van der Waals surface area contributed by atoms with E-state index in [4.69, 9.17) is 0 Å². The minimum Gasteiger partial charge on any atom is -0.304 e. The van der Waals surface area contributed by atoms with Gasteiger partial charge in [0.1, 0.15) is 0 Å². The molecule has 2 unspecified atom stereocenters. The van der Waals surface area contributed by atoms with Crippen molar-refractivity contribution < 1.29 is 31.1 Å². The van der Waals surface area contributed by atoms with Crippen molar-refractivity contribution in [1.82, 2.24) is 0 Å². The van der Waals surface area contributed by atoms with Gasteiger partial charge in [0.15, 0.2) is 0 Å². The maximum Gasteiger partial charge on any atom is 2.00 e. The van der Waals surface area contributed by atoms with Crippen LogP contribution in [0.4, 0.5) is 0 Å². The Morgan fingerprint density at radius 3 is 2.23 bits per heavy atom. The van der Waals surface area contributed by atoms with Crippen LogP contribution < -0.4 is 0 Å². The Bertz CT molecular complexity index is 203. The van der Waals surface area contributed by atoms with Crippen LogP contribution in [0.25, 0.3) is 0 Å². The minimum atomic E-state index is 0. The summed E-state index contributed by atoms with van der Waals surface area (Å²) < 4.78 is 0. The van der Waals surface area contributed by atoms with Crippen LogP contribution in [-0.2, 0) is 0 Å². The quantitative estimate of drug-likeness (QED) is 0.426. The molecule has 0 heterocycles. The van der Waals surface area contributed by atoms with Crippen molar-refractivity contribution in [2.45, 2.75) is 41.5 Å². The van der Waals surface area contributed by atoms with Gasteiger partial charge in [-0.25, -0.2) is 0 Å². The first-order valence-corrected chi connectivity index (χ1v) is 4.90. The number of allylic oxidation sites excluding steroid dienone is 2. The number of rotatable bonds is 0. The number of hydrogen-bond donors (Lipinski definition) is 0. The maximum atomic E-state index is 2.43. The molecular weight excluding hydrogens is 382 g/mol. The van der Waals surface area contributed by atoms with Gasteiger partial charge in [0.2, 0.25) is 0 Å². The average molecular weight is 403 g/mol. The molecule has 13 heavy (non-hydrogen) atoms. The van der Waals surface area contributed by atoms with E-state index < -0.39 is 0 Å². The Hall–Kier alpha value is 0.792. The Balaban J connectivity index is 0.00000144. The molecule has 0 nitrogen and oxygen atoms in total.